The van der Waals surface area contributed by atoms with Crippen LogP contribution in [-0.4, -0.2) is 34.9 Å². The molecule has 0 saturated carbocycles. The SMILES string of the molecule is Cc1cnccc1NCC1(O)CCOC1C. The zero-order chi connectivity index (χ0) is 11.6. The summed E-state index contributed by atoms with van der Waals surface area (Å²) in [5.74, 6) is 0. The number of rotatable bonds is 3. The maximum absolute atomic E-state index is 10.3. The van der Waals surface area contributed by atoms with Crippen LogP contribution in [0.3, 0.4) is 0 Å². The number of anilines is 1. The molecule has 0 radical (unpaired) electrons. The van der Waals surface area contributed by atoms with Crippen molar-refractivity contribution in [2.75, 3.05) is 18.5 Å². The molecule has 1 aromatic heterocycles. The molecule has 1 fully saturated rings. The molecule has 0 aliphatic carbocycles. The van der Waals surface area contributed by atoms with Crippen molar-refractivity contribution in [3.05, 3.63) is 24.0 Å². The fraction of sp³-hybridized carbons (Fsp3) is 0.583. The molecular weight excluding hydrogens is 204 g/mol. The second kappa shape index (κ2) is 4.39. The zero-order valence-electron chi connectivity index (χ0n) is 9.73. The first kappa shape index (κ1) is 11.4. The van der Waals surface area contributed by atoms with Gasteiger partial charge in [-0.1, -0.05) is 0 Å². The first-order chi connectivity index (χ1) is 7.62. The van der Waals surface area contributed by atoms with Crippen molar-refractivity contribution in [3.63, 3.8) is 0 Å². The molecule has 2 unspecified atom stereocenters. The van der Waals surface area contributed by atoms with E-state index in [4.69, 9.17) is 4.74 Å². The average Bonchev–Trinajstić information content (AvgIpc) is 2.59. The van der Waals surface area contributed by atoms with E-state index in [1.165, 1.54) is 0 Å². The van der Waals surface area contributed by atoms with Crippen molar-refractivity contribution in [2.24, 2.45) is 0 Å². The highest BCUT2D eigenvalue weighted by Gasteiger charge is 2.39. The van der Waals surface area contributed by atoms with Crippen LogP contribution in [-0.2, 0) is 4.74 Å². The number of nitrogens with one attached hydrogen (secondary N) is 1. The highest BCUT2D eigenvalue weighted by atomic mass is 16.5. The monoisotopic (exact) mass is 222 g/mol. The van der Waals surface area contributed by atoms with Gasteiger partial charge in [-0.3, -0.25) is 4.98 Å². The highest BCUT2D eigenvalue weighted by Crippen LogP contribution is 2.26. The van der Waals surface area contributed by atoms with Gasteiger partial charge in [-0.05, 0) is 25.5 Å². The third kappa shape index (κ3) is 2.18. The van der Waals surface area contributed by atoms with Gasteiger partial charge in [0.05, 0.1) is 6.10 Å². The lowest BCUT2D eigenvalue weighted by atomic mass is 9.96. The van der Waals surface area contributed by atoms with Crippen LogP contribution in [0, 0.1) is 6.92 Å². The number of ether oxygens (including phenoxy) is 1. The number of hydrogen-bond acceptors (Lipinski definition) is 4. The standard InChI is InChI=1S/C12H18N2O2/c1-9-7-13-5-3-11(9)14-8-12(15)4-6-16-10(12)2/h3,5,7,10,15H,4,6,8H2,1-2H3,(H,13,14). The molecule has 1 aromatic rings. The summed E-state index contributed by atoms with van der Waals surface area (Å²) in [5.41, 5.74) is 1.34. The van der Waals surface area contributed by atoms with Gasteiger partial charge in [0.25, 0.3) is 0 Å². The van der Waals surface area contributed by atoms with E-state index in [2.05, 4.69) is 10.3 Å². The van der Waals surface area contributed by atoms with Gasteiger partial charge in [0.2, 0.25) is 0 Å². The van der Waals surface area contributed by atoms with E-state index in [0.29, 0.717) is 19.6 Å². The molecule has 1 aliphatic heterocycles. The van der Waals surface area contributed by atoms with Crippen molar-refractivity contribution < 1.29 is 9.84 Å². The van der Waals surface area contributed by atoms with Gasteiger partial charge in [0.1, 0.15) is 5.60 Å². The van der Waals surface area contributed by atoms with Crippen LogP contribution in [0.15, 0.2) is 18.5 Å². The molecule has 0 amide bonds. The largest absolute Gasteiger partial charge is 0.385 e. The van der Waals surface area contributed by atoms with Crippen molar-refractivity contribution in [1.29, 1.82) is 0 Å². The van der Waals surface area contributed by atoms with Gasteiger partial charge >= 0.3 is 0 Å². The van der Waals surface area contributed by atoms with Gasteiger partial charge in [-0.2, -0.15) is 0 Å². The van der Waals surface area contributed by atoms with Gasteiger partial charge in [-0.25, -0.2) is 0 Å². The Hall–Kier alpha value is -1.13. The summed E-state index contributed by atoms with van der Waals surface area (Å²) < 4.78 is 5.38. The van der Waals surface area contributed by atoms with E-state index in [-0.39, 0.29) is 6.10 Å². The second-order valence-corrected chi connectivity index (χ2v) is 4.41. The van der Waals surface area contributed by atoms with Crippen LogP contribution < -0.4 is 5.32 Å². The van der Waals surface area contributed by atoms with Crippen molar-refractivity contribution >= 4 is 5.69 Å². The van der Waals surface area contributed by atoms with Crippen LogP contribution in [0.5, 0.6) is 0 Å². The van der Waals surface area contributed by atoms with Gasteiger partial charge in [-0.15, -0.1) is 0 Å². The second-order valence-electron chi connectivity index (χ2n) is 4.41. The summed E-state index contributed by atoms with van der Waals surface area (Å²) >= 11 is 0. The molecule has 2 heterocycles. The molecule has 2 atom stereocenters. The number of aryl methyl sites for hydroxylation is 1. The fourth-order valence-electron chi connectivity index (χ4n) is 1.92. The average molecular weight is 222 g/mol. The maximum atomic E-state index is 10.3. The Labute approximate surface area is 95.7 Å². The predicted molar refractivity (Wildman–Crippen MR) is 62.4 cm³/mol. The minimum atomic E-state index is -0.754. The van der Waals surface area contributed by atoms with Gasteiger partial charge in [0.15, 0.2) is 0 Å². The summed E-state index contributed by atoms with van der Waals surface area (Å²) in [6.45, 7) is 5.05. The maximum Gasteiger partial charge on any atom is 0.110 e. The molecule has 1 aliphatic rings. The fourth-order valence-corrected chi connectivity index (χ4v) is 1.92. The molecular formula is C12H18N2O2. The number of nitrogens with zero attached hydrogens (tertiary/aromatic N) is 1. The summed E-state index contributed by atoms with van der Waals surface area (Å²) in [4.78, 5) is 4.03. The first-order valence-corrected chi connectivity index (χ1v) is 5.60. The van der Waals surface area contributed by atoms with Crippen LogP contribution in [0.25, 0.3) is 0 Å². The number of aromatic nitrogens is 1. The van der Waals surface area contributed by atoms with E-state index in [1.807, 2.05) is 19.9 Å². The Morgan fingerprint density at radius 3 is 3.12 bits per heavy atom. The first-order valence-electron chi connectivity index (χ1n) is 5.60. The zero-order valence-corrected chi connectivity index (χ0v) is 9.73. The van der Waals surface area contributed by atoms with E-state index < -0.39 is 5.60 Å². The van der Waals surface area contributed by atoms with Crippen LogP contribution in [0.1, 0.15) is 18.9 Å². The third-order valence-electron chi connectivity index (χ3n) is 3.26. The van der Waals surface area contributed by atoms with E-state index in [1.54, 1.807) is 12.4 Å². The van der Waals surface area contributed by atoms with E-state index >= 15 is 0 Å². The molecule has 88 valence electrons. The molecule has 0 aromatic carbocycles. The third-order valence-corrected chi connectivity index (χ3v) is 3.26. The number of aliphatic hydroxyl groups is 1. The Balaban J connectivity index is 2.00. The lowest BCUT2D eigenvalue weighted by molar-refractivity contribution is -0.0176. The molecule has 0 spiro atoms. The molecule has 16 heavy (non-hydrogen) atoms. The van der Waals surface area contributed by atoms with Crippen LogP contribution >= 0.6 is 0 Å². The Morgan fingerprint density at radius 1 is 1.69 bits per heavy atom. The topological polar surface area (TPSA) is 54.4 Å². The van der Waals surface area contributed by atoms with Crippen LogP contribution in [0.4, 0.5) is 5.69 Å². The van der Waals surface area contributed by atoms with E-state index in [0.717, 1.165) is 11.3 Å². The highest BCUT2D eigenvalue weighted by molar-refractivity contribution is 5.48. The summed E-state index contributed by atoms with van der Waals surface area (Å²) in [7, 11) is 0. The quantitative estimate of drug-likeness (QED) is 0.810. The summed E-state index contributed by atoms with van der Waals surface area (Å²) in [5, 5.41) is 13.6. The molecule has 2 N–H and O–H groups in total. The molecule has 2 rings (SSSR count). The molecule has 0 bridgehead atoms. The van der Waals surface area contributed by atoms with Gasteiger partial charge in [0, 0.05) is 37.7 Å². The minimum Gasteiger partial charge on any atom is -0.385 e. The van der Waals surface area contributed by atoms with Crippen LogP contribution in [0.2, 0.25) is 0 Å². The van der Waals surface area contributed by atoms with E-state index in [9.17, 15) is 5.11 Å². The van der Waals surface area contributed by atoms with Crippen molar-refractivity contribution in [1.82, 2.24) is 4.98 Å². The Bertz CT molecular complexity index is 370. The van der Waals surface area contributed by atoms with Crippen molar-refractivity contribution in [2.45, 2.75) is 32.0 Å². The molecule has 4 heteroatoms. The number of hydrogen-bond donors (Lipinski definition) is 2. The Kier molecular flexibility index (Phi) is 3.12. The lowest BCUT2D eigenvalue weighted by Crippen LogP contribution is -2.43. The predicted octanol–water partition coefficient (Wildman–Crippen LogP) is 1.34. The Morgan fingerprint density at radius 2 is 2.50 bits per heavy atom. The minimum absolute atomic E-state index is 0.109. The lowest BCUT2D eigenvalue weighted by Gasteiger charge is -2.27. The summed E-state index contributed by atoms with van der Waals surface area (Å²) in [6.07, 6.45) is 4.13. The van der Waals surface area contributed by atoms with Gasteiger partial charge < -0.3 is 15.2 Å². The molecule has 4 nitrogen and oxygen atoms in total. The normalized spacial score (nSPS) is 29.3. The molecule has 1 saturated heterocycles. The van der Waals surface area contributed by atoms with Crippen molar-refractivity contribution in [3.8, 4) is 0 Å². The summed E-state index contributed by atoms with van der Waals surface area (Å²) in [6, 6.07) is 1.92. The number of pyridine rings is 1. The smallest absolute Gasteiger partial charge is 0.110 e.